The number of benzene rings is 1. The Labute approximate surface area is 144 Å². The first kappa shape index (κ1) is 18.9. The van der Waals surface area contributed by atoms with Gasteiger partial charge in [-0.3, -0.25) is 4.79 Å². The highest BCUT2D eigenvalue weighted by Gasteiger charge is 2.29. The van der Waals surface area contributed by atoms with Gasteiger partial charge < -0.3 is 10.2 Å². The van der Waals surface area contributed by atoms with Crippen molar-refractivity contribution in [3.05, 3.63) is 29.8 Å². The monoisotopic (exact) mass is 353 g/mol. The van der Waals surface area contributed by atoms with Gasteiger partial charge in [-0.15, -0.1) is 0 Å². The standard InChI is InChI=1S/C17H27N3O3S/c1-3-4-12-19(2)17(21)15-8-5-6-9-16(15)24(22,23)20-13-7-10-18-11-14-20/h5-6,8-9,18H,3-4,7,10-14H2,1-2H3. The van der Waals surface area contributed by atoms with E-state index in [1.165, 1.54) is 10.4 Å². The van der Waals surface area contributed by atoms with Crippen LogP contribution in [0.15, 0.2) is 29.2 Å². The van der Waals surface area contributed by atoms with Crippen LogP contribution in [0.5, 0.6) is 0 Å². The SMILES string of the molecule is CCCCN(C)C(=O)c1ccccc1S(=O)(=O)N1CCCNCC1. The lowest BCUT2D eigenvalue weighted by Crippen LogP contribution is -2.36. The van der Waals surface area contributed by atoms with Gasteiger partial charge in [0.1, 0.15) is 0 Å². The third-order valence-corrected chi connectivity index (χ3v) is 6.18. The molecule has 0 bridgehead atoms. The van der Waals surface area contributed by atoms with E-state index in [1.807, 2.05) is 0 Å². The van der Waals surface area contributed by atoms with Crippen LogP contribution in [0.2, 0.25) is 0 Å². The van der Waals surface area contributed by atoms with Gasteiger partial charge >= 0.3 is 0 Å². The van der Waals surface area contributed by atoms with E-state index in [9.17, 15) is 13.2 Å². The number of sulfonamides is 1. The summed E-state index contributed by atoms with van der Waals surface area (Å²) in [6.07, 6.45) is 2.65. The Morgan fingerprint density at radius 3 is 2.75 bits per heavy atom. The van der Waals surface area contributed by atoms with Gasteiger partial charge in [0.15, 0.2) is 0 Å². The molecule has 0 aromatic heterocycles. The Morgan fingerprint density at radius 2 is 2.00 bits per heavy atom. The summed E-state index contributed by atoms with van der Waals surface area (Å²) in [6, 6.07) is 6.53. The lowest BCUT2D eigenvalue weighted by atomic mass is 10.2. The molecule has 2 rings (SSSR count). The molecule has 0 radical (unpaired) electrons. The highest BCUT2D eigenvalue weighted by molar-refractivity contribution is 7.89. The molecule has 0 saturated carbocycles. The van der Waals surface area contributed by atoms with Gasteiger partial charge in [0.2, 0.25) is 10.0 Å². The van der Waals surface area contributed by atoms with Gasteiger partial charge in [-0.1, -0.05) is 25.5 Å². The van der Waals surface area contributed by atoms with E-state index in [0.717, 1.165) is 25.8 Å². The molecule has 24 heavy (non-hydrogen) atoms. The fraction of sp³-hybridized carbons (Fsp3) is 0.588. The van der Waals surface area contributed by atoms with Crippen LogP contribution in [0.4, 0.5) is 0 Å². The van der Waals surface area contributed by atoms with Gasteiger partial charge in [-0.05, 0) is 31.5 Å². The zero-order valence-corrected chi connectivity index (χ0v) is 15.3. The minimum atomic E-state index is -3.67. The molecule has 1 aliphatic rings. The summed E-state index contributed by atoms with van der Waals surface area (Å²) < 4.78 is 27.5. The van der Waals surface area contributed by atoms with Gasteiger partial charge in [-0.2, -0.15) is 4.31 Å². The van der Waals surface area contributed by atoms with E-state index in [4.69, 9.17) is 0 Å². The molecule has 6 nitrogen and oxygen atoms in total. The maximum atomic E-state index is 13.0. The summed E-state index contributed by atoms with van der Waals surface area (Å²) in [5.41, 5.74) is 0.258. The number of carbonyl (C=O) groups is 1. The molecule has 7 heteroatoms. The molecule has 1 aromatic carbocycles. The Hall–Kier alpha value is -1.44. The van der Waals surface area contributed by atoms with Crippen molar-refractivity contribution in [3.8, 4) is 0 Å². The third-order valence-electron chi connectivity index (χ3n) is 4.23. The molecule has 0 unspecified atom stereocenters. The highest BCUT2D eigenvalue weighted by atomic mass is 32.2. The first-order valence-electron chi connectivity index (χ1n) is 8.54. The van der Waals surface area contributed by atoms with Crippen molar-refractivity contribution in [2.45, 2.75) is 31.1 Å². The Balaban J connectivity index is 2.31. The average molecular weight is 353 g/mol. The number of nitrogens with zero attached hydrogens (tertiary/aromatic N) is 2. The van der Waals surface area contributed by atoms with Gasteiger partial charge in [-0.25, -0.2) is 8.42 Å². The molecular weight excluding hydrogens is 326 g/mol. The Morgan fingerprint density at radius 1 is 1.25 bits per heavy atom. The van der Waals surface area contributed by atoms with E-state index in [1.54, 1.807) is 30.1 Å². The maximum Gasteiger partial charge on any atom is 0.254 e. The summed E-state index contributed by atoms with van der Waals surface area (Å²) in [5, 5.41) is 3.20. The van der Waals surface area contributed by atoms with Crippen LogP contribution in [-0.2, 0) is 10.0 Å². The minimum Gasteiger partial charge on any atom is -0.342 e. The second-order valence-corrected chi connectivity index (χ2v) is 7.99. The predicted molar refractivity (Wildman–Crippen MR) is 94.6 cm³/mol. The van der Waals surface area contributed by atoms with Crippen molar-refractivity contribution in [2.24, 2.45) is 0 Å². The smallest absolute Gasteiger partial charge is 0.254 e. The zero-order valence-electron chi connectivity index (χ0n) is 14.5. The second kappa shape index (κ2) is 8.60. The van der Waals surface area contributed by atoms with Crippen LogP contribution >= 0.6 is 0 Å². The lowest BCUT2D eigenvalue weighted by Gasteiger charge is -2.23. The number of nitrogens with one attached hydrogen (secondary N) is 1. The summed E-state index contributed by atoms with van der Waals surface area (Å²) in [5.74, 6) is -0.240. The summed E-state index contributed by atoms with van der Waals surface area (Å²) in [7, 11) is -1.95. The fourth-order valence-electron chi connectivity index (χ4n) is 2.77. The van der Waals surface area contributed by atoms with Crippen LogP contribution in [-0.4, -0.2) is 63.3 Å². The number of hydrogen-bond donors (Lipinski definition) is 1. The predicted octanol–water partition coefficient (Wildman–Crippen LogP) is 1.54. The minimum absolute atomic E-state index is 0.111. The molecule has 134 valence electrons. The zero-order chi connectivity index (χ0) is 17.6. The fourth-order valence-corrected chi connectivity index (χ4v) is 4.43. The summed E-state index contributed by atoms with van der Waals surface area (Å²) in [6.45, 7) is 5.03. The molecule has 1 amide bonds. The van der Waals surface area contributed by atoms with Crippen molar-refractivity contribution < 1.29 is 13.2 Å². The molecule has 0 atom stereocenters. The highest BCUT2D eigenvalue weighted by Crippen LogP contribution is 2.22. The van der Waals surface area contributed by atoms with Gasteiger partial charge in [0.05, 0.1) is 10.5 Å². The topological polar surface area (TPSA) is 69.7 Å². The van der Waals surface area contributed by atoms with E-state index in [0.29, 0.717) is 26.2 Å². The van der Waals surface area contributed by atoms with Crippen molar-refractivity contribution in [2.75, 3.05) is 39.8 Å². The average Bonchev–Trinajstić information content (AvgIpc) is 2.89. The molecule has 1 fully saturated rings. The number of carbonyl (C=O) groups excluding carboxylic acids is 1. The lowest BCUT2D eigenvalue weighted by molar-refractivity contribution is 0.0789. The molecular formula is C17H27N3O3S. The summed E-state index contributed by atoms with van der Waals surface area (Å²) in [4.78, 5) is 14.4. The normalized spacial score (nSPS) is 16.6. The van der Waals surface area contributed by atoms with Crippen LogP contribution < -0.4 is 5.32 Å². The van der Waals surface area contributed by atoms with E-state index < -0.39 is 10.0 Å². The van der Waals surface area contributed by atoms with Crippen molar-refractivity contribution in [1.29, 1.82) is 0 Å². The summed E-state index contributed by atoms with van der Waals surface area (Å²) >= 11 is 0. The molecule has 1 N–H and O–H groups in total. The Bertz CT molecular complexity index is 653. The maximum absolute atomic E-state index is 13.0. The number of hydrogen-bond acceptors (Lipinski definition) is 4. The number of amides is 1. The number of rotatable bonds is 6. The van der Waals surface area contributed by atoms with Crippen LogP contribution in [0.1, 0.15) is 36.5 Å². The van der Waals surface area contributed by atoms with E-state index in [-0.39, 0.29) is 16.4 Å². The first-order chi connectivity index (χ1) is 11.5. The van der Waals surface area contributed by atoms with Crippen molar-refractivity contribution in [1.82, 2.24) is 14.5 Å². The van der Waals surface area contributed by atoms with Crippen molar-refractivity contribution >= 4 is 15.9 Å². The number of unbranched alkanes of at least 4 members (excludes halogenated alkanes) is 1. The molecule has 1 aliphatic heterocycles. The van der Waals surface area contributed by atoms with E-state index in [2.05, 4.69) is 12.2 Å². The van der Waals surface area contributed by atoms with Crippen LogP contribution in [0, 0.1) is 0 Å². The molecule has 0 spiro atoms. The molecule has 0 aliphatic carbocycles. The quantitative estimate of drug-likeness (QED) is 0.842. The molecule has 1 saturated heterocycles. The molecule has 1 heterocycles. The third kappa shape index (κ3) is 4.34. The largest absolute Gasteiger partial charge is 0.342 e. The van der Waals surface area contributed by atoms with Gasteiger partial charge in [0.25, 0.3) is 5.91 Å². The van der Waals surface area contributed by atoms with E-state index >= 15 is 0 Å². The second-order valence-electron chi connectivity index (χ2n) is 6.08. The van der Waals surface area contributed by atoms with Crippen LogP contribution in [0.25, 0.3) is 0 Å². The van der Waals surface area contributed by atoms with Gasteiger partial charge in [0, 0.05) is 33.2 Å². The molecule has 1 aromatic rings. The van der Waals surface area contributed by atoms with Crippen molar-refractivity contribution in [3.63, 3.8) is 0 Å². The first-order valence-corrected chi connectivity index (χ1v) is 9.98. The van der Waals surface area contributed by atoms with Crippen LogP contribution in [0.3, 0.4) is 0 Å². The Kier molecular flexibility index (Phi) is 6.77.